The number of nitrogens with one attached hydrogen (secondary N) is 2. The van der Waals surface area contributed by atoms with Gasteiger partial charge in [-0.25, -0.2) is 4.39 Å². The van der Waals surface area contributed by atoms with Gasteiger partial charge in [-0.2, -0.15) is 0 Å². The first-order valence-corrected chi connectivity index (χ1v) is 7.44. The third kappa shape index (κ3) is 5.81. The van der Waals surface area contributed by atoms with E-state index < -0.39 is 17.6 Å². The zero-order valence-corrected chi connectivity index (χ0v) is 13.0. The number of hydrogen-bond acceptors (Lipinski definition) is 3. The van der Waals surface area contributed by atoms with Crippen molar-refractivity contribution in [3.8, 4) is 0 Å². The molecule has 1 aromatic rings. The van der Waals surface area contributed by atoms with E-state index in [9.17, 15) is 14.0 Å². The maximum Gasteiger partial charge on any atom is 0.313 e. The van der Waals surface area contributed by atoms with Crippen molar-refractivity contribution in [2.45, 2.75) is 33.1 Å². The fourth-order valence-corrected chi connectivity index (χ4v) is 2.16. The molecular formula is C16H23FN2O3. The molecule has 0 radical (unpaired) electrons. The summed E-state index contributed by atoms with van der Waals surface area (Å²) in [6.45, 7) is 4.12. The van der Waals surface area contributed by atoms with E-state index in [0.29, 0.717) is 18.5 Å². The van der Waals surface area contributed by atoms with Crippen LogP contribution in [0.4, 0.5) is 10.1 Å². The number of halogens is 1. The molecule has 0 aliphatic carbocycles. The molecule has 1 rings (SSSR count). The number of aliphatic hydroxyl groups excluding tert-OH is 1. The number of aryl methyl sites for hydroxylation is 1. The Morgan fingerprint density at radius 1 is 1.27 bits per heavy atom. The van der Waals surface area contributed by atoms with Crippen molar-refractivity contribution in [1.82, 2.24) is 5.32 Å². The lowest BCUT2D eigenvalue weighted by Gasteiger charge is -2.15. The first-order chi connectivity index (χ1) is 10.5. The van der Waals surface area contributed by atoms with E-state index >= 15 is 0 Å². The first-order valence-electron chi connectivity index (χ1n) is 7.44. The zero-order chi connectivity index (χ0) is 16.5. The SMILES string of the molecule is CCCC(CCO)CNC(=O)C(=O)Nc1cc(F)ccc1C. The van der Waals surface area contributed by atoms with Crippen LogP contribution in [-0.4, -0.2) is 30.1 Å². The maximum absolute atomic E-state index is 13.1. The lowest BCUT2D eigenvalue weighted by atomic mass is 10.0. The van der Waals surface area contributed by atoms with Crippen molar-refractivity contribution in [2.24, 2.45) is 5.92 Å². The molecule has 2 amide bonds. The number of benzene rings is 1. The smallest absolute Gasteiger partial charge is 0.313 e. The van der Waals surface area contributed by atoms with E-state index in [1.54, 1.807) is 6.92 Å². The molecule has 0 fully saturated rings. The van der Waals surface area contributed by atoms with Crippen molar-refractivity contribution in [3.63, 3.8) is 0 Å². The standard InChI is InChI=1S/C16H23FN2O3/c1-3-4-12(7-8-20)10-18-15(21)16(22)19-14-9-13(17)6-5-11(14)2/h5-6,9,12,20H,3-4,7-8,10H2,1-2H3,(H,18,21)(H,19,22). The van der Waals surface area contributed by atoms with Crippen LogP contribution < -0.4 is 10.6 Å². The monoisotopic (exact) mass is 310 g/mol. The Kier molecular flexibility index (Phi) is 7.52. The van der Waals surface area contributed by atoms with Crippen LogP contribution in [0.5, 0.6) is 0 Å². The third-order valence-electron chi connectivity index (χ3n) is 3.44. The fourth-order valence-electron chi connectivity index (χ4n) is 2.16. The number of hydrogen-bond donors (Lipinski definition) is 3. The predicted molar refractivity (Wildman–Crippen MR) is 82.9 cm³/mol. The van der Waals surface area contributed by atoms with Gasteiger partial charge in [0.15, 0.2) is 0 Å². The molecule has 0 saturated heterocycles. The molecule has 0 spiro atoms. The quantitative estimate of drug-likeness (QED) is 0.674. The minimum Gasteiger partial charge on any atom is -0.396 e. The van der Waals surface area contributed by atoms with Crippen molar-refractivity contribution >= 4 is 17.5 Å². The molecule has 22 heavy (non-hydrogen) atoms. The summed E-state index contributed by atoms with van der Waals surface area (Å²) in [5, 5.41) is 13.9. The Labute approximate surface area is 129 Å². The molecular weight excluding hydrogens is 287 g/mol. The lowest BCUT2D eigenvalue weighted by Crippen LogP contribution is -2.38. The summed E-state index contributed by atoms with van der Waals surface area (Å²) in [4.78, 5) is 23.6. The number of carbonyl (C=O) groups excluding carboxylic acids is 2. The molecule has 5 nitrogen and oxygen atoms in total. The van der Waals surface area contributed by atoms with Gasteiger partial charge in [-0.3, -0.25) is 9.59 Å². The summed E-state index contributed by atoms with van der Waals surface area (Å²) in [5.41, 5.74) is 0.951. The third-order valence-corrected chi connectivity index (χ3v) is 3.44. The molecule has 0 saturated carbocycles. The Hall–Kier alpha value is -1.95. The Bertz CT molecular complexity index is 514. The highest BCUT2D eigenvalue weighted by atomic mass is 19.1. The summed E-state index contributed by atoms with van der Waals surface area (Å²) >= 11 is 0. The van der Waals surface area contributed by atoms with Gasteiger partial charge in [-0.05, 0) is 43.4 Å². The van der Waals surface area contributed by atoms with Gasteiger partial charge in [0.2, 0.25) is 0 Å². The zero-order valence-electron chi connectivity index (χ0n) is 13.0. The van der Waals surface area contributed by atoms with Crippen molar-refractivity contribution in [2.75, 3.05) is 18.5 Å². The number of carbonyl (C=O) groups is 2. The fraction of sp³-hybridized carbons (Fsp3) is 0.500. The average Bonchev–Trinajstić information content (AvgIpc) is 2.48. The second-order valence-corrected chi connectivity index (χ2v) is 5.29. The van der Waals surface area contributed by atoms with Crippen molar-refractivity contribution < 1.29 is 19.1 Å². The molecule has 1 unspecified atom stereocenters. The molecule has 0 aliphatic heterocycles. The van der Waals surface area contributed by atoms with Gasteiger partial charge in [0, 0.05) is 18.8 Å². The molecule has 1 atom stereocenters. The molecule has 6 heteroatoms. The van der Waals surface area contributed by atoms with Gasteiger partial charge in [-0.1, -0.05) is 19.4 Å². The number of aliphatic hydroxyl groups is 1. The highest BCUT2D eigenvalue weighted by Crippen LogP contribution is 2.15. The predicted octanol–water partition coefficient (Wildman–Crippen LogP) is 1.99. The van der Waals surface area contributed by atoms with Crippen LogP contribution >= 0.6 is 0 Å². The maximum atomic E-state index is 13.1. The first kappa shape index (κ1) is 18.1. The van der Waals surface area contributed by atoms with Crippen LogP contribution in [0.15, 0.2) is 18.2 Å². The van der Waals surface area contributed by atoms with E-state index in [0.717, 1.165) is 12.8 Å². The van der Waals surface area contributed by atoms with Crippen LogP contribution in [0.3, 0.4) is 0 Å². The van der Waals surface area contributed by atoms with E-state index in [-0.39, 0.29) is 18.2 Å². The number of anilines is 1. The van der Waals surface area contributed by atoms with Gasteiger partial charge in [0.05, 0.1) is 0 Å². The minimum absolute atomic E-state index is 0.0508. The average molecular weight is 310 g/mol. The van der Waals surface area contributed by atoms with Gasteiger partial charge in [-0.15, -0.1) is 0 Å². The van der Waals surface area contributed by atoms with Gasteiger partial charge in [0.1, 0.15) is 5.82 Å². The van der Waals surface area contributed by atoms with Crippen molar-refractivity contribution in [3.05, 3.63) is 29.6 Å². The number of rotatable bonds is 7. The summed E-state index contributed by atoms with van der Waals surface area (Å²) in [7, 11) is 0. The molecule has 0 bridgehead atoms. The molecule has 0 heterocycles. The molecule has 0 aromatic heterocycles. The summed E-state index contributed by atoms with van der Waals surface area (Å²) in [6, 6.07) is 3.99. The largest absolute Gasteiger partial charge is 0.396 e. The molecule has 3 N–H and O–H groups in total. The normalized spacial score (nSPS) is 11.8. The van der Waals surface area contributed by atoms with Gasteiger partial charge >= 0.3 is 11.8 Å². The van der Waals surface area contributed by atoms with Gasteiger partial charge in [0.25, 0.3) is 0 Å². The van der Waals surface area contributed by atoms with Crippen LogP contribution in [-0.2, 0) is 9.59 Å². The molecule has 122 valence electrons. The lowest BCUT2D eigenvalue weighted by molar-refractivity contribution is -0.136. The van der Waals surface area contributed by atoms with Crippen LogP contribution in [0.25, 0.3) is 0 Å². The van der Waals surface area contributed by atoms with E-state index in [1.165, 1.54) is 18.2 Å². The van der Waals surface area contributed by atoms with Crippen LogP contribution in [0.2, 0.25) is 0 Å². The topological polar surface area (TPSA) is 78.4 Å². The Morgan fingerprint density at radius 3 is 2.64 bits per heavy atom. The second kappa shape index (κ2) is 9.15. The van der Waals surface area contributed by atoms with Crippen LogP contribution in [0, 0.1) is 18.7 Å². The summed E-state index contributed by atoms with van der Waals surface area (Å²) in [6.07, 6.45) is 2.39. The van der Waals surface area contributed by atoms with E-state index in [4.69, 9.17) is 5.11 Å². The van der Waals surface area contributed by atoms with Crippen molar-refractivity contribution in [1.29, 1.82) is 0 Å². The van der Waals surface area contributed by atoms with E-state index in [1.807, 2.05) is 6.92 Å². The van der Waals surface area contributed by atoms with Gasteiger partial charge < -0.3 is 15.7 Å². The highest BCUT2D eigenvalue weighted by Gasteiger charge is 2.16. The van der Waals surface area contributed by atoms with E-state index in [2.05, 4.69) is 10.6 Å². The second-order valence-electron chi connectivity index (χ2n) is 5.29. The summed E-state index contributed by atoms with van der Waals surface area (Å²) in [5.74, 6) is -1.93. The Balaban J connectivity index is 2.54. The summed E-state index contributed by atoms with van der Waals surface area (Å²) < 4.78 is 13.1. The number of amides is 2. The molecule has 0 aliphatic rings. The Morgan fingerprint density at radius 2 is 2.00 bits per heavy atom. The highest BCUT2D eigenvalue weighted by molar-refractivity contribution is 6.39. The van der Waals surface area contributed by atoms with Crippen LogP contribution in [0.1, 0.15) is 31.7 Å². The molecule has 1 aromatic carbocycles. The minimum atomic E-state index is -0.826.